The predicted octanol–water partition coefficient (Wildman–Crippen LogP) is 3.84. The SMILES string of the molecule is CCn1nc(-c2ccon2)c(C(=O)NC2CCN(CCC(C)(C)C)CC2)c1Cl. The number of nitrogens with zero attached hydrogens (tertiary/aromatic N) is 4. The van der Waals surface area contributed by atoms with Crippen molar-refractivity contribution < 1.29 is 9.32 Å². The van der Waals surface area contributed by atoms with Crippen molar-refractivity contribution in [1.29, 1.82) is 0 Å². The Bertz CT molecular complexity index is 786. The molecule has 0 radical (unpaired) electrons. The fraction of sp³-hybridized carbons (Fsp3) is 0.650. The molecule has 0 aromatic carbocycles. The minimum atomic E-state index is -0.198. The van der Waals surface area contributed by atoms with Gasteiger partial charge in [-0.05, 0) is 38.1 Å². The number of hydrogen-bond acceptors (Lipinski definition) is 5. The van der Waals surface area contributed by atoms with E-state index < -0.39 is 0 Å². The summed E-state index contributed by atoms with van der Waals surface area (Å²) < 4.78 is 6.52. The molecule has 1 saturated heterocycles. The van der Waals surface area contributed by atoms with Crippen LogP contribution in [0.1, 0.15) is 57.3 Å². The monoisotopic (exact) mass is 407 g/mol. The number of aromatic nitrogens is 3. The fourth-order valence-electron chi connectivity index (χ4n) is 3.42. The third kappa shape index (κ3) is 4.94. The number of aryl methyl sites for hydroxylation is 1. The van der Waals surface area contributed by atoms with Crippen molar-refractivity contribution in [3.8, 4) is 11.4 Å². The van der Waals surface area contributed by atoms with Crippen molar-refractivity contribution in [3.63, 3.8) is 0 Å². The highest BCUT2D eigenvalue weighted by Crippen LogP contribution is 2.28. The van der Waals surface area contributed by atoms with E-state index in [2.05, 4.69) is 41.2 Å². The second-order valence-corrected chi connectivity index (χ2v) is 8.97. The van der Waals surface area contributed by atoms with Crippen molar-refractivity contribution >= 4 is 17.5 Å². The van der Waals surface area contributed by atoms with E-state index in [1.807, 2.05) is 6.92 Å². The Morgan fingerprint density at radius 3 is 2.64 bits per heavy atom. The van der Waals surface area contributed by atoms with E-state index in [0.29, 0.717) is 34.1 Å². The van der Waals surface area contributed by atoms with Gasteiger partial charge in [0.05, 0.1) is 0 Å². The Kier molecular flexibility index (Phi) is 6.45. The molecule has 2 aromatic heterocycles. The Morgan fingerprint density at radius 1 is 1.36 bits per heavy atom. The summed E-state index contributed by atoms with van der Waals surface area (Å²) in [4.78, 5) is 15.5. The lowest BCUT2D eigenvalue weighted by molar-refractivity contribution is 0.0908. The number of piperidine rings is 1. The van der Waals surface area contributed by atoms with E-state index in [1.54, 1.807) is 10.7 Å². The molecule has 3 rings (SSSR count). The number of rotatable bonds is 6. The Labute approximate surface area is 171 Å². The van der Waals surface area contributed by atoms with Crippen LogP contribution in [0.25, 0.3) is 11.4 Å². The smallest absolute Gasteiger partial charge is 0.256 e. The molecule has 0 atom stereocenters. The molecule has 154 valence electrons. The lowest BCUT2D eigenvalue weighted by Crippen LogP contribution is -2.45. The van der Waals surface area contributed by atoms with Crippen LogP contribution in [0, 0.1) is 5.41 Å². The van der Waals surface area contributed by atoms with Crippen LogP contribution in [0.5, 0.6) is 0 Å². The third-order valence-corrected chi connectivity index (χ3v) is 5.58. The normalized spacial score (nSPS) is 16.5. The van der Waals surface area contributed by atoms with Crippen molar-refractivity contribution in [2.24, 2.45) is 5.41 Å². The maximum Gasteiger partial charge on any atom is 0.256 e. The first-order chi connectivity index (χ1) is 13.3. The number of hydrogen-bond donors (Lipinski definition) is 1. The van der Waals surface area contributed by atoms with Crippen LogP contribution in [0.4, 0.5) is 0 Å². The average molecular weight is 408 g/mol. The Morgan fingerprint density at radius 2 is 2.07 bits per heavy atom. The van der Waals surface area contributed by atoms with Crippen LogP contribution < -0.4 is 5.32 Å². The third-order valence-electron chi connectivity index (χ3n) is 5.20. The number of carbonyl (C=O) groups excluding carboxylic acids is 1. The van der Waals surface area contributed by atoms with Gasteiger partial charge >= 0.3 is 0 Å². The van der Waals surface area contributed by atoms with Crippen LogP contribution in [0.15, 0.2) is 16.9 Å². The molecule has 0 unspecified atom stereocenters. The lowest BCUT2D eigenvalue weighted by atomic mass is 9.91. The van der Waals surface area contributed by atoms with Crippen LogP contribution >= 0.6 is 11.6 Å². The minimum Gasteiger partial charge on any atom is -0.364 e. The molecular formula is C20H30ClN5O2. The average Bonchev–Trinajstić information content (AvgIpc) is 3.28. The number of likely N-dealkylation sites (tertiary alicyclic amines) is 1. The first kappa shape index (κ1) is 20.9. The Hall–Kier alpha value is -1.86. The van der Waals surface area contributed by atoms with Crippen molar-refractivity contribution in [1.82, 2.24) is 25.2 Å². The quantitative estimate of drug-likeness (QED) is 0.787. The predicted molar refractivity (Wildman–Crippen MR) is 109 cm³/mol. The summed E-state index contributed by atoms with van der Waals surface area (Å²) in [6.07, 6.45) is 4.52. The van der Waals surface area contributed by atoms with Gasteiger partial charge in [-0.3, -0.25) is 9.48 Å². The Balaban J connectivity index is 1.64. The van der Waals surface area contributed by atoms with E-state index in [9.17, 15) is 4.79 Å². The van der Waals surface area contributed by atoms with Crippen LogP contribution in [0.2, 0.25) is 5.15 Å². The van der Waals surface area contributed by atoms with E-state index in [1.165, 1.54) is 12.7 Å². The van der Waals surface area contributed by atoms with Gasteiger partial charge in [0.25, 0.3) is 5.91 Å². The number of nitrogens with one attached hydrogen (secondary N) is 1. The molecule has 1 fully saturated rings. The number of amides is 1. The van der Waals surface area contributed by atoms with Crippen molar-refractivity contribution in [2.45, 2.75) is 59.5 Å². The minimum absolute atomic E-state index is 0.143. The fourth-order valence-corrected chi connectivity index (χ4v) is 3.75. The summed E-state index contributed by atoms with van der Waals surface area (Å²) in [5.41, 5.74) is 1.68. The second-order valence-electron chi connectivity index (χ2n) is 8.61. The molecule has 1 aliphatic rings. The molecule has 28 heavy (non-hydrogen) atoms. The zero-order valence-electron chi connectivity index (χ0n) is 17.2. The zero-order valence-corrected chi connectivity index (χ0v) is 17.9. The molecule has 0 aliphatic carbocycles. The highest BCUT2D eigenvalue weighted by Gasteiger charge is 2.28. The van der Waals surface area contributed by atoms with E-state index in [4.69, 9.17) is 16.1 Å². The molecular weight excluding hydrogens is 378 g/mol. The summed E-state index contributed by atoms with van der Waals surface area (Å²) in [6, 6.07) is 1.83. The molecule has 2 aromatic rings. The maximum atomic E-state index is 13.0. The van der Waals surface area contributed by atoms with Gasteiger partial charge in [-0.15, -0.1) is 0 Å². The van der Waals surface area contributed by atoms with Crippen LogP contribution in [0.3, 0.4) is 0 Å². The molecule has 0 saturated carbocycles. The first-order valence-electron chi connectivity index (χ1n) is 9.98. The maximum absolute atomic E-state index is 13.0. The molecule has 0 spiro atoms. The number of halogens is 1. The molecule has 1 N–H and O–H groups in total. The van der Waals surface area contributed by atoms with E-state index in [0.717, 1.165) is 32.5 Å². The highest BCUT2D eigenvalue weighted by molar-refractivity contribution is 6.33. The zero-order chi connectivity index (χ0) is 20.3. The molecule has 1 aliphatic heterocycles. The van der Waals surface area contributed by atoms with Gasteiger partial charge in [-0.1, -0.05) is 37.5 Å². The molecule has 1 amide bonds. The summed E-state index contributed by atoms with van der Waals surface area (Å²) in [5, 5.41) is 11.8. The molecule has 0 bridgehead atoms. The van der Waals surface area contributed by atoms with E-state index >= 15 is 0 Å². The van der Waals surface area contributed by atoms with Gasteiger partial charge in [0.15, 0.2) is 0 Å². The summed E-state index contributed by atoms with van der Waals surface area (Å²) >= 11 is 6.44. The van der Waals surface area contributed by atoms with Gasteiger partial charge in [0.1, 0.15) is 28.4 Å². The van der Waals surface area contributed by atoms with Gasteiger partial charge in [0, 0.05) is 31.7 Å². The number of carbonyl (C=O) groups is 1. The summed E-state index contributed by atoms with van der Waals surface area (Å²) in [5.74, 6) is -0.198. The van der Waals surface area contributed by atoms with Crippen LogP contribution in [-0.4, -0.2) is 51.4 Å². The van der Waals surface area contributed by atoms with Gasteiger partial charge < -0.3 is 14.7 Å². The molecule has 7 nitrogen and oxygen atoms in total. The first-order valence-corrected chi connectivity index (χ1v) is 10.4. The van der Waals surface area contributed by atoms with Gasteiger partial charge in [-0.25, -0.2) is 0 Å². The second kappa shape index (κ2) is 8.66. The topological polar surface area (TPSA) is 76.2 Å². The summed E-state index contributed by atoms with van der Waals surface area (Å²) in [6.45, 7) is 12.4. The van der Waals surface area contributed by atoms with E-state index in [-0.39, 0.29) is 11.9 Å². The van der Waals surface area contributed by atoms with Gasteiger partial charge in [-0.2, -0.15) is 5.10 Å². The molecule has 8 heteroatoms. The van der Waals surface area contributed by atoms with Crippen LogP contribution in [-0.2, 0) is 6.54 Å². The highest BCUT2D eigenvalue weighted by atomic mass is 35.5. The van der Waals surface area contributed by atoms with Crippen molar-refractivity contribution in [2.75, 3.05) is 19.6 Å². The lowest BCUT2D eigenvalue weighted by Gasteiger charge is -2.34. The van der Waals surface area contributed by atoms with Crippen molar-refractivity contribution in [3.05, 3.63) is 23.0 Å². The van der Waals surface area contributed by atoms with Gasteiger partial charge in [0.2, 0.25) is 0 Å². The molecule has 3 heterocycles. The standard InChI is InChI=1S/C20H30ClN5O2/c1-5-26-18(21)16(17(23-26)15-8-13-28-24-15)19(27)22-14-6-10-25(11-7-14)12-9-20(2,3)4/h8,13-14H,5-7,9-12H2,1-4H3,(H,22,27). The largest absolute Gasteiger partial charge is 0.364 e. The summed E-state index contributed by atoms with van der Waals surface area (Å²) in [7, 11) is 0.